The summed E-state index contributed by atoms with van der Waals surface area (Å²) in [5.74, 6) is -0.281. The topological polar surface area (TPSA) is 35.5 Å². The van der Waals surface area contributed by atoms with E-state index in [4.69, 9.17) is 9.47 Å². The lowest BCUT2D eigenvalue weighted by atomic mass is 9.74. The van der Waals surface area contributed by atoms with Crippen LogP contribution in [-0.2, 0) is 19.7 Å². The summed E-state index contributed by atoms with van der Waals surface area (Å²) < 4.78 is 13.0. The van der Waals surface area contributed by atoms with Gasteiger partial charge in [0.2, 0.25) is 0 Å². The van der Waals surface area contributed by atoms with Crippen LogP contribution in [0.25, 0.3) is 0 Å². The average molecular weight is 364 g/mol. The van der Waals surface area contributed by atoms with Gasteiger partial charge in [-0.25, -0.2) is 0 Å². The largest absolute Gasteiger partial charge is 0.348 e. The van der Waals surface area contributed by atoms with Crippen LogP contribution in [0, 0.1) is 5.92 Å². The summed E-state index contributed by atoms with van der Waals surface area (Å²) in [5.41, 5.74) is 2.05. The molecule has 2 fully saturated rings. The highest BCUT2D eigenvalue weighted by Gasteiger charge is 2.54. The highest BCUT2D eigenvalue weighted by atomic mass is 16.7. The van der Waals surface area contributed by atoms with Gasteiger partial charge in [0, 0.05) is 12.3 Å². The fourth-order valence-corrected chi connectivity index (χ4v) is 4.62. The van der Waals surface area contributed by atoms with Crippen LogP contribution in [0.15, 0.2) is 60.7 Å². The van der Waals surface area contributed by atoms with Crippen LogP contribution in [0.1, 0.15) is 50.2 Å². The second-order valence-corrected chi connectivity index (χ2v) is 7.96. The number of Topliss-reactive ketones (excluding diaryl/α,β-unsaturated/α-hetero) is 1. The summed E-state index contributed by atoms with van der Waals surface area (Å²) in [6.07, 6.45) is 4.20. The second kappa shape index (κ2) is 7.57. The van der Waals surface area contributed by atoms with Gasteiger partial charge in [-0.05, 0) is 17.5 Å². The number of carbonyl (C=O) groups is 1. The predicted molar refractivity (Wildman–Crippen MR) is 106 cm³/mol. The van der Waals surface area contributed by atoms with Crippen LogP contribution in [0.3, 0.4) is 0 Å². The quantitative estimate of drug-likeness (QED) is 0.758. The van der Waals surface area contributed by atoms with E-state index in [9.17, 15) is 4.79 Å². The summed E-state index contributed by atoms with van der Waals surface area (Å²) in [5, 5.41) is 0. The lowest BCUT2D eigenvalue weighted by Crippen LogP contribution is -2.54. The van der Waals surface area contributed by atoms with Crippen LogP contribution in [-0.4, -0.2) is 24.8 Å². The first-order chi connectivity index (χ1) is 13.2. The molecule has 2 aliphatic rings. The Balaban J connectivity index is 1.65. The number of ether oxygens (including phenoxy) is 2. The summed E-state index contributed by atoms with van der Waals surface area (Å²) in [7, 11) is 0. The highest BCUT2D eigenvalue weighted by Crippen LogP contribution is 2.47. The normalized spacial score (nSPS) is 23.6. The standard InChI is InChI=1S/C24H28O3/c1-2-3-10-21-15-22(25)16-24(21)26-17-23(18-27-24,19-11-6-4-7-12-19)20-13-8-5-9-14-20/h4-9,11-14,21H,2-3,10,15-18H2,1H3/t21-/m1/s1. The van der Waals surface area contributed by atoms with Gasteiger partial charge in [0.25, 0.3) is 0 Å². The van der Waals surface area contributed by atoms with E-state index in [1.807, 2.05) is 12.1 Å². The van der Waals surface area contributed by atoms with Crippen LogP contribution < -0.4 is 0 Å². The van der Waals surface area contributed by atoms with Crippen molar-refractivity contribution in [2.24, 2.45) is 5.92 Å². The molecule has 27 heavy (non-hydrogen) atoms. The Morgan fingerprint density at radius 2 is 1.48 bits per heavy atom. The highest BCUT2D eigenvalue weighted by molar-refractivity contribution is 5.82. The number of rotatable bonds is 5. The Bertz CT molecular complexity index is 719. The third-order valence-corrected chi connectivity index (χ3v) is 6.22. The number of ketones is 1. The first-order valence-corrected chi connectivity index (χ1v) is 10.1. The number of unbranched alkanes of at least 4 members (excludes halogenated alkanes) is 1. The molecule has 0 bridgehead atoms. The van der Waals surface area contributed by atoms with E-state index in [1.54, 1.807) is 0 Å². The van der Waals surface area contributed by atoms with Crippen LogP contribution >= 0.6 is 0 Å². The lowest BCUT2D eigenvalue weighted by Gasteiger charge is -2.47. The third kappa shape index (κ3) is 3.35. The molecule has 1 heterocycles. The van der Waals surface area contributed by atoms with Crippen molar-refractivity contribution in [1.82, 2.24) is 0 Å². The SMILES string of the molecule is CCCC[C@@H]1CC(=O)CC12OCC(c1ccccc1)(c1ccccc1)CO2. The van der Waals surface area contributed by atoms with Gasteiger partial charge in [0.15, 0.2) is 5.79 Å². The van der Waals surface area contributed by atoms with Gasteiger partial charge >= 0.3 is 0 Å². The molecule has 3 heteroatoms. The minimum absolute atomic E-state index is 0.175. The minimum Gasteiger partial charge on any atom is -0.348 e. The lowest BCUT2D eigenvalue weighted by molar-refractivity contribution is -0.300. The van der Waals surface area contributed by atoms with Crippen LogP contribution in [0.5, 0.6) is 0 Å². The molecule has 1 spiro atoms. The van der Waals surface area contributed by atoms with Gasteiger partial charge < -0.3 is 9.47 Å². The molecule has 0 amide bonds. The van der Waals surface area contributed by atoms with Crippen LogP contribution in [0.2, 0.25) is 0 Å². The zero-order valence-electron chi connectivity index (χ0n) is 16.0. The summed E-state index contributed by atoms with van der Waals surface area (Å²) in [6.45, 7) is 3.26. The van der Waals surface area contributed by atoms with Gasteiger partial charge in [-0.3, -0.25) is 4.79 Å². The molecule has 142 valence electrons. The molecule has 0 unspecified atom stereocenters. The van der Waals surface area contributed by atoms with Crippen molar-refractivity contribution in [3.63, 3.8) is 0 Å². The molecule has 0 radical (unpaired) electrons. The molecular weight excluding hydrogens is 336 g/mol. The zero-order valence-corrected chi connectivity index (χ0v) is 16.0. The van der Waals surface area contributed by atoms with Crippen molar-refractivity contribution in [1.29, 1.82) is 0 Å². The van der Waals surface area contributed by atoms with Gasteiger partial charge in [-0.1, -0.05) is 80.4 Å². The number of hydrogen-bond acceptors (Lipinski definition) is 3. The molecule has 3 nitrogen and oxygen atoms in total. The van der Waals surface area contributed by atoms with Crippen molar-refractivity contribution in [3.05, 3.63) is 71.8 Å². The molecule has 1 aliphatic heterocycles. The van der Waals surface area contributed by atoms with Gasteiger partial charge in [-0.15, -0.1) is 0 Å². The Labute approximate surface area is 161 Å². The first-order valence-electron chi connectivity index (χ1n) is 10.1. The summed E-state index contributed by atoms with van der Waals surface area (Å²) >= 11 is 0. The molecule has 1 aliphatic carbocycles. The summed E-state index contributed by atoms with van der Waals surface area (Å²) in [4.78, 5) is 12.2. The van der Waals surface area contributed by atoms with E-state index < -0.39 is 5.79 Å². The molecule has 4 rings (SSSR count). The van der Waals surface area contributed by atoms with Crippen LogP contribution in [0.4, 0.5) is 0 Å². The van der Waals surface area contributed by atoms with Crippen molar-refractivity contribution >= 4 is 5.78 Å². The molecular formula is C24H28O3. The van der Waals surface area contributed by atoms with E-state index >= 15 is 0 Å². The number of benzene rings is 2. The van der Waals surface area contributed by atoms with Crippen molar-refractivity contribution in [2.45, 2.75) is 50.2 Å². The van der Waals surface area contributed by atoms with E-state index in [2.05, 4.69) is 55.5 Å². The predicted octanol–water partition coefficient (Wildman–Crippen LogP) is 4.89. The maximum absolute atomic E-state index is 12.2. The molecule has 0 N–H and O–H groups in total. The Morgan fingerprint density at radius 3 is 2.00 bits per heavy atom. The van der Waals surface area contributed by atoms with Crippen molar-refractivity contribution < 1.29 is 14.3 Å². The number of hydrogen-bond donors (Lipinski definition) is 0. The average Bonchev–Trinajstić information content (AvgIpc) is 3.03. The fourth-order valence-electron chi connectivity index (χ4n) is 4.62. The fraction of sp³-hybridized carbons (Fsp3) is 0.458. The smallest absolute Gasteiger partial charge is 0.178 e. The monoisotopic (exact) mass is 364 g/mol. The third-order valence-electron chi connectivity index (χ3n) is 6.22. The molecule has 1 saturated heterocycles. The molecule has 1 atom stereocenters. The van der Waals surface area contributed by atoms with E-state index in [1.165, 1.54) is 11.1 Å². The summed E-state index contributed by atoms with van der Waals surface area (Å²) in [6, 6.07) is 20.9. The van der Waals surface area contributed by atoms with Gasteiger partial charge in [0.1, 0.15) is 5.78 Å². The second-order valence-electron chi connectivity index (χ2n) is 7.96. The first kappa shape index (κ1) is 18.4. The maximum atomic E-state index is 12.2. The Hall–Kier alpha value is -1.97. The van der Waals surface area contributed by atoms with Crippen molar-refractivity contribution in [3.8, 4) is 0 Å². The molecule has 0 aromatic heterocycles. The van der Waals surface area contributed by atoms with E-state index in [0.29, 0.717) is 26.1 Å². The molecule has 2 aromatic carbocycles. The molecule has 1 saturated carbocycles. The van der Waals surface area contributed by atoms with Crippen molar-refractivity contribution in [2.75, 3.05) is 13.2 Å². The van der Waals surface area contributed by atoms with E-state index in [-0.39, 0.29) is 17.1 Å². The van der Waals surface area contributed by atoms with Gasteiger partial charge in [-0.2, -0.15) is 0 Å². The number of carbonyl (C=O) groups excluding carboxylic acids is 1. The van der Waals surface area contributed by atoms with E-state index in [0.717, 1.165) is 19.3 Å². The maximum Gasteiger partial charge on any atom is 0.178 e. The van der Waals surface area contributed by atoms with Gasteiger partial charge in [0.05, 0.1) is 25.0 Å². The minimum atomic E-state index is -0.723. The Kier molecular flexibility index (Phi) is 5.16. The molecule has 2 aromatic rings. The zero-order chi connectivity index (χ0) is 18.7. The Morgan fingerprint density at radius 1 is 0.926 bits per heavy atom.